The van der Waals surface area contributed by atoms with E-state index < -0.39 is 0 Å². The summed E-state index contributed by atoms with van der Waals surface area (Å²) in [5.41, 5.74) is 12.9. The van der Waals surface area contributed by atoms with E-state index in [0.29, 0.717) is 0 Å². The van der Waals surface area contributed by atoms with Gasteiger partial charge in [0, 0.05) is 0 Å². The van der Waals surface area contributed by atoms with Crippen LogP contribution < -0.4 is 5.73 Å². The summed E-state index contributed by atoms with van der Waals surface area (Å²) in [5, 5.41) is 0. The molecule has 106 valence electrons. The molecule has 0 aliphatic heterocycles. The Bertz CT molecular complexity index is 588. The van der Waals surface area contributed by atoms with Crippen LogP contribution in [-0.4, -0.2) is 0 Å². The molecule has 0 saturated heterocycles. The monoisotopic (exact) mass is 267 g/mol. The normalized spacial score (nSPS) is 13.3. The van der Waals surface area contributed by atoms with Gasteiger partial charge in [-0.25, -0.2) is 0 Å². The summed E-state index contributed by atoms with van der Waals surface area (Å²) in [6.07, 6.45) is 0. The maximum absolute atomic E-state index is 6.45. The zero-order valence-electron chi connectivity index (χ0n) is 13.2. The molecule has 2 N–H and O–H groups in total. The quantitative estimate of drug-likeness (QED) is 0.842. The Morgan fingerprint density at radius 3 is 2.05 bits per heavy atom. The Kier molecular flexibility index (Phi) is 4.01. The van der Waals surface area contributed by atoms with Gasteiger partial charge in [0.1, 0.15) is 0 Å². The van der Waals surface area contributed by atoms with E-state index in [4.69, 9.17) is 5.73 Å². The van der Waals surface area contributed by atoms with E-state index in [1.165, 1.54) is 27.8 Å². The molecule has 1 unspecified atom stereocenters. The van der Waals surface area contributed by atoms with Gasteiger partial charge in [-0.15, -0.1) is 0 Å². The molecular formula is C19H25N. The van der Waals surface area contributed by atoms with Gasteiger partial charge < -0.3 is 5.73 Å². The van der Waals surface area contributed by atoms with Crippen LogP contribution in [0.15, 0.2) is 42.5 Å². The van der Waals surface area contributed by atoms with E-state index in [-0.39, 0.29) is 11.5 Å². The van der Waals surface area contributed by atoms with Gasteiger partial charge >= 0.3 is 0 Å². The molecule has 2 aromatic rings. The summed E-state index contributed by atoms with van der Waals surface area (Å²) >= 11 is 0. The molecule has 0 heterocycles. The summed E-state index contributed by atoms with van der Waals surface area (Å²) in [6.45, 7) is 11.0. The van der Waals surface area contributed by atoms with E-state index >= 15 is 0 Å². The van der Waals surface area contributed by atoms with Gasteiger partial charge in [0.05, 0.1) is 6.04 Å². The number of hydrogen-bond acceptors (Lipinski definition) is 1. The molecule has 0 radical (unpaired) electrons. The average Bonchev–Trinajstić information content (AvgIpc) is 2.40. The largest absolute Gasteiger partial charge is 0.320 e. The Morgan fingerprint density at radius 2 is 1.50 bits per heavy atom. The standard InChI is InChI=1S/C19H25N/c1-13-7-6-8-17(14(13)2)18(20)15-9-11-16(12-10-15)19(3,4)5/h6-12,18H,20H2,1-5H3. The summed E-state index contributed by atoms with van der Waals surface area (Å²) in [6, 6.07) is 15.0. The lowest BCUT2D eigenvalue weighted by atomic mass is 9.85. The lowest BCUT2D eigenvalue weighted by Crippen LogP contribution is -2.15. The molecule has 0 fully saturated rings. The van der Waals surface area contributed by atoms with Crippen LogP contribution in [0, 0.1) is 13.8 Å². The third-order valence-electron chi connectivity index (χ3n) is 4.12. The lowest BCUT2D eigenvalue weighted by molar-refractivity contribution is 0.589. The first-order valence-corrected chi connectivity index (χ1v) is 7.23. The third kappa shape index (κ3) is 2.94. The van der Waals surface area contributed by atoms with Crippen LogP contribution >= 0.6 is 0 Å². The maximum Gasteiger partial charge on any atom is 0.0554 e. The molecule has 0 aromatic heterocycles. The second-order valence-corrected chi connectivity index (χ2v) is 6.64. The van der Waals surface area contributed by atoms with E-state index in [1.807, 2.05) is 0 Å². The van der Waals surface area contributed by atoms with Gasteiger partial charge in [0.15, 0.2) is 0 Å². The molecule has 0 aliphatic rings. The summed E-state index contributed by atoms with van der Waals surface area (Å²) in [5.74, 6) is 0. The van der Waals surface area contributed by atoms with Crippen LogP contribution in [0.4, 0.5) is 0 Å². The summed E-state index contributed by atoms with van der Waals surface area (Å²) in [7, 11) is 0. The van der Waals surface area contributed by atoms with Crippen LogP contribution in [0.1, 0.15) is 54.6 Å². The SMILES string of the molecule is Cc1cccc(C(N)c2ccc(C(C)(C)C)cc2)c1C. The molecule has 2 aromatic carbocycles. The van der Waals surface area contributed by atoms with E-state index in [1.54, 1.807) is 0 Å². The smallest absolute Gasteiger partial charge is 0.0554 e. The van der Waals surface area contributed by atoms with Crippen molar-refractivity contribution in [3.63, 3.8) is 0 Å². The minimum atomic E-state index is -0.0519. The van der Waals surface area contributed by atoms with Crippen LogP contribution in [0.3, 0.4) is 0 Å². The van der Waals surface area contributed by atoms with E-state index in [2.05, 4.69) is 77.1 Å². The minimum absolute atomic E-state index is 0.0519. The second kappa shape index (κ2) is 5.41. The van der Waals surface area contributed by atoms with Crippen molar-refractivity contribution in [2.24, 2.45) is 5.73 Å². The van der Waals surface area contributed by atoms with Crippen molar-refractivity contribution in [3.05, 3.63) is 70.3 Å². The number of benzene rings is 2. The predicted molar refractivity (Wildman–Crippen MR) is 87.1 cm³/mol. The zero-order chi connectivity index (χ0) is 14.9. The lowest BCUT2D eigenvalue weighted by Gasteiger charge is -2.21. The Labute approximate surface area is 122 Å². The maximum atomic E-state index is 6.45. The number of nitrogens with two attached hydrogens (primary N) is 1. The van der Waals surface area contributed by atoms with E-state index in [9.17, 15) is 0 Å². The fourth-order valence-electron chi connectivity index (χ4n) is 2.48. The molecule has 1 heteroatoms. The third-order valence-corrected chi connectivity index (χ3v) is 4.12. The molecule has 0 aliphatic carbocycles. The van der Waals surface area contributed by atoms with Crippen molar-refractivity contribution in [2.75, 3.05) is 0 Å². The summed E-state index contributed by atoms with van der Waals surface area (Å²) in [4.78, 5) is 0. The molecule has 1 atom stereocenters. The number of aryl methyl sites for hydroxylation is 1. The van der Waals surface area contributed by atoms with Crippen molar-refractivity contribution in [1.29, 1.82) is 0 Å². The molecule has 1 nitrogen and oxygen atoms in total. The first kappa shape index (κ1) is 14.8. The molecule has 0 saturated carbocycles. The van der Waals surface area contributed by atoms with Crippen LogP contribution in [0.25, 0.3) is 0 Å². The van der Waals surface area contributed by atoms with Crippen molar-refractivity contribution in [1.82, 2.24) is 0 Å². The van der Waals surface area contributed by atoms with Crippen LogP contribution in [0.5, 0.6) is 0 Å². The second-order valence-electron chi connectivity index (χ2n) is 6.64. The van der Waals surface area contributed by atoms with Gasteiger partial charge in [-0.3, -0.25) is 0 Å². The molecule has 0 amide bonds. The van der Waals surface area contributed by atoms with Crippen LogP contribution in [0.2, 0.25) is 0 Å². The first-order valence-electron chi connectivity index (χ1n) is 7.23. The van der Waals surface area contributed by atoms with Crippen molar-refractivity contribution in [2.45, 2.75) is 46.1 Å². The number of hydrogen-bond donors (Lipinski definition) is 1. The number of rotatable bonds is 2. The molecule has 0 bridgehead atoms. The Morgan fingerprint density at radius 1 is 0.900 bits per heavy atom. The average molecular weight is 267 g/mol. The molecular weight excluding hydrogens is 242 g/mol. The first-order chi connectivity index (χ1) is 9.30. The highest BCUT2D eigenvalue weighted by Crippen LogP contribution is 2.27. The molecule has 0 spiro atoms. The minimum Gasteiger partial charge on any atom is -0.320 e. The van der Waals surface area contributed by atoms with Gasteiger partial charge in [-0.2, -0.15) is 0 Å². The van der Waals surface area contributed by atoms with Crippen molar-refractivity contribution in [3.8, 4) is 0 Å². The van der Waals surface area contributed by atoms with Gasteiger partial charge in [-0.1, -0.05) is 63.2 Å². The zero-order valence-corrected chi connectivity index (χ0v) is 13.2. The topological polar surface area (TPSA) is 26.0 Å². The fraction of sp³-hybridized carbons (Fsp3) is 0.368. The molecule has 20 heavy (non-hydrogen) atoms. The highest BCUT2D eigenvalue weighted by atomic mass is 14.6. The van der Waals surface area contributed by atoms with Crippen molar-refractivity contribution < 1.29 is 0 Å². The highest BCUT2D eigenvalue weighted by Gasteiger charge is 2.16. The van der Waals surface area contributed by atoms with E-state index in [0.717, 1.165) is 0 Å². The Balaban J connectivity index is 2.34. The van der Waals surface area contributed by atoms with Crippen LogP contribution in [-0.2, 0) is 5.41 Å². The Hall–Kier alpha value is -1.60. The van der Waals surface area contributed by atoms with Gasteiger partial charge in [0.2, 0.25) is 0 Å². The van der Waals surface area contributed by atoms with Crippen molar-refractivity contribution >= 4 is 0 Å². The van der Waals surface area contributed by atoms with Gasteiger partial charge in [-0.05, 0) is 47.1 Å². The molecule has 2 rings (SSSR count). The fourth-order valence-corrected chi connectivity index (χ4v) is 2.48. The van der Waals surface area contributed by atoms with Gasteiger partial charge in [0.25, 0.3) is 0 Å². The predicted octanol–water partition coefficient (Wildman–Crippen LogP) is 4.65. The summed E-state index contributed by atoms with van der Waals surface area (Å²) < 4.78 is 0. The highest BCUT2D eigenvalue weighted by molar-refractivity contribution is 5.41.